The number of aryl methyl sites for hydroxylation is 1. The molecule has 0 unspecified atom stereocenters. The summed E-state index contributed by atoms with van der Waals surface area (Å²) in [6.07, 6.45) is 0. The maximum Gasteiger partial charge on any atom is 0.217 e. The largest absolute Gasteiger partial charge is 0.497 e. The van der Waals surface area contributed by atoms with Gasteiger partial charge < -0.3 is 14.4 Å². The monoisotopic (exact) mass is 315 g/mol. The van der Waals surface area contributed by atoms with Gasteiger partial charge in [-0.3, -0.25) is 0 Å². The van der Waals surface area contributed by atoms with Gasteiger partial charge in [-0.15, -0.1) is 0 Å². The number of rotatable bonds is 8. The minimum absolute atomic E-state index is 0.621. The lowest BCUT2D eigenvalue weighted by Crippen LogP contribution is -2.28. The van der Waals surface area contributed by atoms with Crippen LogP contribution in [-0.2, 0) is 0 Å². The Morgan fingerprint density at radius 1 is 1.04 bits per heavy atom. The van der Waals surface area contributed by atoms with Crippen molar-refractivity contribution >= 4 is 0 Å². The molecule has 5 nitrogen and oxygen atoms in total. The number of nitrogens with zero attached hydrogens (tertiary/aromatic N) is 3. The lowest BCUT2D eigenvalue weighted by Gasteiger charge is -2.17. The van der Waals surface area contributed by atoms with E-state index >= 15 is 0 Å². The highest BCUT2D eigenvalue weighted by Gasteiger charge is 2.07. The Morgan fingerprint density at radius 3 is 2.35 bits per heavy atom. The molecule has 1 heterocycles. The van der Waals surface area contributed by atoms with E-state index in [1.165, 1.54) is 0 Å². The first kappa shape index (κ1) is 17.2. The molecule has 0 spiro atoms. The number of hydrogen-bond acceptors (Lipinski definition) is 5. The Kier molecular flexibility index (Phi) is 6.35. The molecule has 1 aromatic heterocycles. The molecule has 0 atom stereocenters. The number of methoxy groups -OCH3 is 1. The van der Waals surface area contributed by atoms with E-state index in [4.69, 9.17) is 9.47 Å². The van der Waals surface area contributed by atoms with Crippen LogP contribution in [-0.4, -0.2) is 48.2 Å². The minimum Gasteiger partial charge on any atom is -0.497 e. The first-order valence-electron chi connectivity index (χ1n) is 8.01. The second-order valence-corrected chi connectivity index (χ2v) is 5.28. The van der Waals surface area contributed by atoms with Gasteiger partial charge in [-0.1, -0.05) is 13.8 Å². The minimum atomic E-state index is 0.621. The maximum atomic E-state index is 5.81. The summed E-state index contributed by atoms with van der Waals surface area (Å²) in [5.41, 5.74) is 1.84. The lowest BCUT2D eigenvalue weighted by atomic mass is 10.2. The van der Waals surface area contributed by atoms with Gasteiger partial charge in [0.1, 0.15) is 12.4 Å². The second-order valence-electron chi connectivity index (χ2n) is 5.28. The van der Waals surface area contributed by atoms with Crippen molar-refractivity contribution in [3.05, 3.63) is 36.0 Å². The summed E-state index contributed by atoms with van der Waals surface area (Å²) in [6.45, 7) is 9.83. The van der Waals surface area contributed by atoms with Gasteiger partial charge in [0.25, 0.3) is 0 Å². The summed E-state index contributed by atoms with van der Waals surface area (Å²) < 4.78 is 11.0. The Labute approximate surface area is 138 Å². The molecule has 0 amide bonds. The lowest BCUT2D eigenvalue weighted by molar-refractivity contribution is 0.218. The molecule has 0 fully saturated rings. The third kappa shape index (κ3) is 4.93. The van der Waals surface area contributed by atoms with Crippen molar-refractivity contribution in [1.82, 2.24) is 14.9 Å². The molecule has 0 bridgehead atoms. The predicted octanol–water partition coefficient (Wildman–Crippen LogP) is 3.18. The van der Waals surface area contributed by atoms with Crippen LogP contribution in [0.5, 0.6) is 11.6 Å². The van der Waals surface area contributed by atoms with E-state index in [9.17, 15) is 0 Å². The molecule has 0 N–H and O–H groups in total. The van der Waals surface area contributed by atoms with Crippen LogP contribution in [0.4, 0.5) is 0 Å². The molecule has 0 radical (unpaired) electrons. The van der Waals surface area contributed by atoms with Gasteiger partial charge in [-0.25, -0.2) is 4.98 Å². The Morgan fingerprint density at radius 2 is 1.74 bits per heavy atom. The Bertz CT molecular complexity index is 610. The normalized spacial score (nSPS) is 10.8. The van der Waals surface area contributed by atoms with Crippen molar-refractivity contribution in [3.63, 3.8) is 0 Å². The molecule has 23 heavy (non-hydrogen) atoms. The molecule has 2 rings (SSSR count). The molecule has 124 valence electrons. The highest BCUT2D eigenvalue weighted by molar-refractivity contribution is 5.56. The predicted molar refractivity (Wildman–Crippen MR) is 92.0 cm³/mol. The van der Waals surface area contributed by atoms with Crippen LogP contribution >= 0.6 is 0 Å². The van der Waals surface area contributed by atoms with Crippen LogP contribution in [0.2, 0.25) is 0 Å². The molecular weight excluding hydrogens is 290 g/mol. The third-order valence-electron chi connectivity index (χ3n) is 3.73. The van der Waals surface area contributed by atoms with Gasteiger partial charge in [0.05, 0.1) is 7.11 Å². The van der Waals surface area contributed by atoms with Gasteiger partial charge in [-0.2, -0.15) is 4.98 Å². The van der Waals surface area contributed by atoms with E-state index in [2.05, 4.69) is 28.7 Å². The first-order valence-corrected chi connectivity index (χ1v) is 8.01. The van der Waals surface area contributed by atoms with Gasteiger partial charge in [0, 0.05) is 23.9 Å². The quantitative estimate of drug-likeness (QED) is 0.749. The highest BCUT2D eigenvalue weighted by Crippen LogP contribution is 2.21. The van der Waals surface area contributed by atoms with Gasteiger partial charge in [0.2, 0.25) is 5.88 Å². The number of ether oxygens (including phenoxy) is 2. The average Bonchev–Trinajstić information content (AvgIpc) is 2.58. The fourth-order valence-electron chi connectivity index (χ4n) is 2.30. The summed E-state index contributed by atoms with van der Waals surface area (Å²) in [7, 11) is 1.65. The Balaban J connectivity index is 2.08. The van der Waals surface area contributed by atoms with Crippen molar-refractivity contribution in [2.45, 2.75) is 20.8 Å². The molecule has 0 saturated carbocycles. The Hall–Kier alpha value is -2.14. The van der Waals surface area contributed by atoms with E-state index in [0.717, 1.165) is 36.6 Å². The molecule has 1 aromatic carbocycles. The molecule has 0 aliphatic rings. The molecule has 0 aliphatic carbocycles. The number of hydrogen-bond donors (Lipinski definition) is 0. The van der Waals surface area contributed by atoms with Crippen molar-refractivity contribution in [1.29, 1.82) is 0 Å². The van der Waals surface area contributed by atoms with E-state index in [1.54, 1.807) is 7.11 Å². The fraction of sp³-hybridized carbons (Fsp3) is 0.444. The van der Waals surface area contributed by atoms with Crippen LogP contribution in [0.1, 0.15) is 19.5 Å². The maximum absolute atomic E-state index is 5.81. The van der Waals surface area contributed by atoms with E-state index in [0.29, 0.717) is 18.3 Å². The standard InChI is InChI=1S/C18H25N3O2/c1-5-21(6-2)11-12-23-17-13-14(3)19-18(20-17)15-7-9-16(22-4)10-8-15/h7-10,13H,5-6,11-12H2,1-4H3. The van der Waals surface area contributed by atoms with Crippen LogP contribution in [0.15, 0.2) is 30.3 Å². The SMILES string of the molecule is CCN(CC)CCOc1cc(C)nc(-c2ccc(OC)cc2)n1. The zero-order valence-electron chi connectivity index (χ0n) is 14.4. The molecule has 2 aromatic rings. The summed E-state index contributed by atoms with van der Waals surface area (Å²) in [6, 6.07) is 9.58. The van der Waals surface area contributed by atoms with Crippen LogP contribution in [0.3, 0.4) is 0 Å². The zero-order chi connectivity index (χ0) is 16.7. The van der Waals surface area contributed by atoms with Crippen LogP contribution in [0.25, 0.3) is 11.4 Å². The topological polar surface area (TPSA) is 47.5 Å². The smallest absolute Gasteiger partial charge is 0.217 e. The van der Waals surface area contributed by atoms with Crippen LogP contribution < -0.4 is 9.47 Å². The number of benzene rings is 1. The van der Waals surface area contributed by atoms with Crippen molar-refractivity contribution < 1.29 is 9.47 Å². The zero-order valence-corrected chi connectivity index (χ0v) is 14.4. The van der Waals surface area contributed by atoms with Crippen molar-refractivity contribution in [2.75, 3.05) is 33.4 Å². The molecule has 5 heteroatoms. The fourth-order valence-corrected chi connectivity index (χ4v) is 2.30. The number of aromatic nitrogens is 2. The average molecular weight is 315 g/mol. The van der Waals surface area contributed by atoms with Crippen molar-refractivity contribution in [3.8, 4) is 23.0 Å². The first-order chi connectivity index (χ1) is 11.2. The van der Waals surface area contributed by atoms with Gasteiger partial charge in [-0.05, 0) is 44.3 Å². The van der Waals surface area contributed by atoms with E-state index in [-0.39, 0.29) is 0 Å². The van der Waals surface area contributed by atoms with E-state index < -0.39 is 0 Å². The summed E-state index contributed by atoms with van der Waals surface area (Å²) in [4.78, 5) is 11.3. The molecule has 0 saturated heterocycles. The van der Waals surface area contributed by atoms with Gasteiger partial charge >= 0.3 is 0 Å². The van der Waals surface area contributed by atoms with E-state index in [1.807, 2.05) is 37.3 Å². The molecule has 0 aliphatic heterocycles. The summed E-state index contributed by atoms with van der Waals surface area (Å²) in [5, 5.41) is 0. The van der Waals surface area contributed by atoms with Crippen LogP contribution in [0, 0.1) is 6.92 Å². The number of likely N-dealkylation sites (N-methyl/N-ethyl adjacent to an activating group) is 1. The third-order valence-corrected chi connectivity index (χ3v) is 3.73. The van der Waals surface area contributed by atoms with Crippen molar-refractivity contribution in [2.24, 2.45) is 0 Å². The second kappa shape index (κ2) is 8.48. The summed E-state index contributed by atoms with van der Waals surface area (Å²) in [5.74, 6) is 2.11. The molecular formula is C18H25N3O2. The summed E-state index contributed by atoms with van der Waals surface area (Å²) >= 11 is 0. The van der Waals surface area contributed by atoms with Gasteiger partial charge in [0.15, 0.2) is 5.82 Å². The highest BCUT2D eigenvalue weighted by atomic mass is 16.5.